The minimum absolute atomic E-state index is 0. The largest absolute Gasteiger partial charge is 0.316 e. The van der Waals surface area contributed by atoms with Crippen molar-refractivity contribution in [1.82, 2.24) is 0 Å². The first-order valence-corrected chi connectivity index (χ1v) is 1.72. The molecule has 0 saturated carbocycles. The molecule has 4 heteroatoms. The molecule has 0 aliphatic rings. The summed E-state index contributed by atoms with van der Waals surface area (Å²) in [5.41, 5.74) is -0.500. The van der Waals surface area contributed by atoms with Crippen molar-refractivity contribution in [1.29, 1.82) is 0 Å². The predicted octanol–water partition coefficient (Wildman–Crippen LogP) is -0.366. The summed E-state index contributed by atoms with van der Waals surface area (Å²) >= 11 is 0. The van der Waals surface area contributed by atoms with Crippen LogP contribution in [-0.4, -0.2) is 85.1 Å². The maximum atomic E-state index is 8.52. The molecule has 0 atom stereocenters. The van der Waals surface area contributed by atoms with Crippen molar-refractivity contribution in [3.8, 4) is 0 Å². The van der Waals surface area contributed by atoms with Gasteiger partial charge in [-0.15, -0.1) is 12.4 Å². The second-order valence-corrected chi connectivity index (χ2v) is 2.17. The summed E-state index contributed by atoms with van der Waals surface area (Å²) < 4.78 is 0. The number of hydrogen-bond acceptors (Lipinski definition) is 1. The van der Waals surface area contributed by atoms with E-state index in [4.69, 9.17) is 5.11 Å². The van der Waals surface area contributed by atoms with Gasteiger partial charge in [-0.2, -0.15) is 0 Å². The fraction of sp³-hybridized carbons (Fsp3) is 1.00. The second kappa shape index (κ2) is 9.65. The first-order chi connectivity index (χ1) is 2.00. The molecule has 0 spiro atoms. The van der Waals surface area contributed by atoms with Gasteiger partial charge in [0.25, 0.3) is 0 Å². The zero-order valence-corrected chi connectivity index (χ0v) is 5.17. The Labute approximate surface area is 116 Å². The van der Waals surface area contributed by atoms with E-state index in [1.807, 2.05) is 0 Å². The Morgan fingerprint density at radius 3 is 1.12 bits per heavy atom. The summed E-state index contributed by atoms with van der Waals surface area (Å²) in [6.07, 6.45) is 0. The van der Waals surface area contributed by atoms with Crippen LogP contribution in [0.3, 0.4) is 0 Å². The molecular weight excluding hydrogens is 163 g/mol. The van der Waals surface area contributed by atoms with E-state index in [9.17, 15) is 0 Å². The van der Waals surface area contributed by atoms with Gasteiger partial charge in [-0.25, -0.2) is 0 Å². The van der Waals surface area contributed by atoms with Crippen LogP contribution in [0, 0.1) is 0 Å². The molecule has 0 saturated heterocycles. The SMILES string of the molecule is CC(C)(C)O.Cl.[KH].[MgH2]. The van der Waals surface area contributed by atoms with Crippen molar-refractivity contribution in [3.05, 3.63) is 0 Å². The Bertz CT molecular complexity index is 31.5. The van der Waals surface area contributed by atoms with Gasteiger partial charge in [0.15, 0.2) is 0 Å². The second-order valence-electron chi connectivity index (χ2n) is 2.17. The van der Waals surface area contributed by atoms with Crippen LogP contribution in [0.15, 0.2) is 0 Å². The van der Waals surface area contributed by atoms with Crippen molar-refractivity contribution in [3.63, 3.8) is 0 Å². The molecule has 0 fully saturated rings. The summed E-state index contributed by atoms with van der Waals surface area (Å²) in [5, 5.41) is 8.52. The van der Waals surface area contributed by atoms with E-state index in [-0.39, 0.29) is 86.8 Å². The maximum Gasteiger partial charge on any atom is 0.316 e. The molecule has 0 heterocycles. The standard InChI is InChI=1S/C4H10O.ClH.K.Mg.3H/c1-4(2,3)5;;;;;;/h5H,1-3H3;1H;;;;;. The Kier molecular flexibility index (Phi) is 27.1. The molecule has 0 rings (SSSR count). The van der Waals surface area contributed by atoms with E-state index in [0.717, 1.165) is 0 Å². The number of hydrogen-bond donors (Lipinski definition) is 1. The normalized spacial score (nSPS) is 7.50. The molecule has 0 bridgehead atoms. The summed E-state index contributed by atoms with van der Waals surface area (Å²) in [6, 6.07) is 0. The van der Waals surface area contributed by atoms with Gasteiger partial charge in [-0.3, -0.25) is 0 Å². The zero-order chi connectivity index (χ0) is 4.50. The molecule has 0 amide bonds. The van der Waals surface area contributed by atoms with Gasteiger partial charge in [-0.05, 0) is 20.8 Å². The topological polar surface area (TPSA) is 20.2 Å². The van der Waals surface area contributed by atoms with E-state index >= 15 is 0 Å². The molecule has 0 aromatic carbocycles. The number of halogens is 1. The van der Waals surface area contributed by atoms with Gasteiger partial charge >= 0.3 is 74.4 Å². The van der Waals surface area contributed by atoms with Crippen molar-refractivity contribution in [2.24, 2.45) is 0 Å². The predicted molar refractivity (Wildman–Crippen MR) is 44.9 cm³/mol. The van der Waals surface area contributed by atoms with Gasteiger partial charge in [0.2, 0.25) is 0 Å². The molecule has 46 valence electrons. The van der Waals surface area contributed by atoms with Crippen molar-refractivity contribution in [2.45, 2.75) is 26.4 Å². The van der Waals surface area contributed by atoms with Gasteiger partial charge < -0.3 is 5.11 Å². The zero-order valence-electron chi connectivity index (χ0n) is 4.36. The molecule has 0 aliphatic carbocycles. The molecule has 0 aliphatic heterocycles. The Hall–Kier alpha value is 2.65. The fourth-order valence-corrected chi connectivity index (χ4v) is 0. The first kappa shape index (κ1) is 22.4. The third kappa shape index (κ3) is 72.0. The number of aliphatic hydroxyl groups is 1. The van der Waals surface area contributed by atoms with Crippen LogP contribution < -0.4 is 0 Å². The molecule has 0 unspecified atom stereocenters. The summed E-state index contributed by atoms with van der Waals surface area (Å²) in [7, 11) is 0. The van der Waals surface area contributed by atoms with Crippen LogP contribution in [-0.2, 0) is 0 Å². The third-order valence-electron chi connectivity index (χ3n) is 0. The van der Waals surface area contributed by atoms with E-state index in [1.54, 1.807) is 20.8 Å². The monoisotopic (exact) mass is 176 g/mol. The average Bonchev–Trinajstić information content (AvgIpc) is 0.722. The Morgan fingerprint density at radius 1 is 1.12 bits per heavy atom. The number of rotatable bonds is 0. The van der Waals surface area contributed by atoms with E-state index in [1.165, 1.54) is 0 Å². The Morgan fingerprint density at radius 2 is 1.12 bits per heavy atom. The summed E-state index contributed by atoms with van der Waals surface area (Å²) in [4.78, 5) is 0. The van der Waals surface area contributed by atoms with Crippen LogP contribution in [0.4, 0.5) is 0 Å². The van der Waals surface area contributed by atoms with Crippen molar-refractivity contribution >= 4 is 86.8 Å². The molecule has 0 aromatic heterocycles. The van der Waals surface area contributed by atoms with Crippen LogP contribution in [0.1, 0.15) is 20.8 Å². The van der Waals surface area contributed by atoms with Crippen LogP contribution >= 0.6 is 12.4 Å². The Balaban J connectivity index is -0.0000000267. The van der Waals surface area contributed by atoms with Crippen molar-refractivity contribution in [2.75, 3.05) is 0 Å². The van der Waals surface area contributed by atoms with Crippen LogP contribution in [0.5, 0.6) is 0 Å². The molecule has 0 aromatic rings. The van der Waals surface area contributed by atoms with E-state index in [2.05, 4.69) is 0 Å². The van der Waals surface area contributed by atoms with Crippen LogP contribution in [0.25, 0.3) is 0 Å². The van der Waals surface area contributed by atoms with Gasteiger partial charge in [-0.1, -0.05) is 0 Å². The smallest absolute Gasteiger partial charge is 0.316 e. The molecule has 1 N–H and O–H groups in total. The van der Waals surface area contributed by atoms with Gasteiger partial charge in [0.1, 0.15) is 0 Å². The maximum absolute atomic E-state index is 8.52. The minimum Gasteiger partial charge on any atom is 0.316 e. The molecule has 0 radical (unpaired) electrons. The van der Waals surface area contributed by atoms with Gasteiger partial charge in [0.05, 0.1) is 5.60 Å². The minimum atomic E-state index is -0.500. The third-order valence-corrected chi connectivity index (χ3v) is 0. The fourth-order valence-electron chi connectivity index (χ4n) is 0. The molecule has 8 heavy (non-hydrogen) atoms. The first-order valence-electron chi connectivity index (χ1n) is 1.72. The van der Waals surface area contributed by atoms with Crippen molar-refractivity contribution < 1.29 is 5.11 Å². The molecular formula is C4H14ClKMgO. The van der Waals surface area contributed by atoms with Crippen LogP contribution in [0.2, 0.25) is 0 Å². The molecule has 1 nitrogen and oxygen atoms in total. The van der Waals surface area contributed by atoms with E-state index < -0.39 is 5.60 Å². The average molecular weight is 177 g/mol. The van der Waals surface area contributed by atoms with Gasteiger partial charge in [0, 0.05) is 0 Å². The summed E-state index contributed by atoms with van der Waals surface area (Å²) in [5.74, 6) is 0. The quantitative estimate of drug-likeness (QED) is 0.500. The summed E-state index contributed by atoms with van der Waals surface area (Å²) in [6.45, 7) is 5.23. The van der Waals surface area contributed by atoms with E-state index in [0.29, 0.717) is 0 Å².